The number of sulfonamides is 2. The molecule has 0 unspecified atom stereocenters. The molecular weight excluding hydrogens is 454 g/mol. The van der Waals surface area contributed by atoms with Gasteiger partial charge in [-0.25, -0.2) is 21.6 Å². The zero-order valence-corrected chi connectivity index (χ0v) is 18.4. The maximum Gasteiger partial charge on any atom is 0.275 e. The monoisotopic (exact) mass is 473 g/mol. The molecule has 2 aromatic rings. The topological polar surface area (TPSA) is 127 Å². The Morgan fingerprint density at radius 1 is 1.07 bits per heavy atom. The number of piperidine rings is 1. The molecule has 0 atom stereocenters. The highest BCUT2D eigenvalue weighted by atomic mass is 35.5. The lowest BCUT2D eigenvalue weighted by Gasteiger charge is -2.31. The second-order valence-electron chi connectivity index (χ2n) is 6.92. The van der Waals surface area contributed by atoms with Crippen LogP contribution in [0, 0.1) is 17.0 Å². The van der Waals surface area contributed by atoms with Crippen LogP contribution in [-0.2, 0) is 20.0 Å². The van der Waals surface area contributed by atoms with Crippen LogP contribution in [0.15, 0.2) is 52.3 Å². The molecule has 1 aliphatic heterocycles. The Labute approximate surface area is 179 Å². The smallest absolute Gasteiger partial charge is 0.258 e. The number of nitro groups is 1. The van der Waals surface area contributed by atoms with Crippen LogP contribution < -0.4 is 4.72 Å². The summed E-state index contributed by atoms with van der Waals surface area (Å²) in [5, 5.41) is 11.2. The summed E-state index contributed by atoms with van der Waals surface area (Å²) in [5.41, 5.74) is -0.179. The molecular formula is C18H20ClN3O6S2. The predicted octanol–water partition coefficient (Wildman–Crippen LogP) is 2.69. The van der Waals surface area contributed by atoms with Gasteiger partial charge >= 0.3 is 0 Å². The third kappa shape index (κ3) is 4.65. The first-order valence-corrected chi connectivity index (χ1v) is 12.3. The number of nitro benzene ring substituents is 1. The Hall–Kier alpha value is -2.05. The van der Waals surface area contributed by atoms with Gasteiger partial charge in [0.25, 0.3) is 5.69 Å². The van der Waals surface area contributed by atoms with Crippen molar-refractivity contribution in [2.75, 3.05) is 13.1 Å². The van der Waals surface area contributed by atoms with Gasteiger partial charge in [-0.3, -0.25) is 10.1 Å². The van der Waals surface area contributed by atoms with E-state index in [4.69, 9.17) is 11.6 Å². The summed E-state index contributed by atoms with van der Waals surface area (Å²) < 4.78 is 54.6. The van der Waals surface area contributed by atoms with Gasteiger partial charge in [0.1, 0.15) is 0 Å². The summed E-state index contributed by atoms with van der Waals surface area (Å²) in [4.78, 5) is 10.4. The Morgan fingerprint density at radius 3 is 2.23 bits per heavy atom. The van der Waals surface area contributed by atoms with Crippen LogP contribution in [0.5, 0.6) is 0 Å². The van der Waals surface area contributed by atoms with Crippen molar-refractivity contribution < 1.29 is 21.8 Å². The van der Waals surface area contributed by atoms with E-state index in [0.29, 0.717) is 0 Å². The molecule has 162 valence electrons. The van der Waals surface area contributed by atoms with Crippen molar-refractivity contribution in [2.24, 2.45) is 0 Å². The van der Waals surface area contributed by atoms with Crippen molar-refractivity contribution >= 4 is 37.3 Å². The average molecular weight is 474 g/mol. The lowest BCUT2D eigenvalue weighted by atomic mass is 10.1. The molecule has 0 bridgehead atoms. The minimum absolute atomic E-state index is 0.00622. The van der Waals surface area contributed by atoms with E-state index in [1.165, 1.54) is 29.4 Å². The van der Waals surface area contributed by atoms with E-state index >= 15 is 0 Å². The highest BCUT2D eigenvalue weighted by Crippen LogP contribution is 2.31. The summed E-state index contributed by atoms with van der Waals surface area (Å²) >= 11 is 6.00. The molecule has 0 amide bonds. The maximum atomic E-state index is 12.9. The van der Waals surface area contributed by atoms with Gasteiger partial charge in [-0.05, 0) is 38.0 Å². The van der Waals surface area contributed by atoms with Gasteiger partial charge in [-0.15, -0.1) is 0 Å². The highest BCUT2D eigenvalue weighted by molar-refractivity contribution is 7.89. The quantitative estimate of drug-likeness (QED) is 0.507. The van der Waals surface area contributed by atoms with E-state index in [9.17, 15) is 26.9 Å². The van der Waals surface area contributed by atoms with Gasteiger partial charge in [-0.1, -0.05) is 29.8 Å². The molecule has 12 heteroatoms. The van der Waals surface area contributed by atoms with Gasteiger partial charge in [0, 0.05) is 30.8 Å². The minimum Gasteiger partial charge on any atom is -0.258 e. The normalized spacial score (nSPS) is 16.5. The predicted molar refractivity (Wildman–Crippen MR) is 111 cm³/mol. The number of hydrogen-bond donors (Lipinski definition) is 1. The molecule has 1 fully saturated rings. The van der Waals surface area contributed by atoms with Gasteiger partial charge < -0.3 is 0 Å². The number of rotatable bonds is 6. The summed E-state index contributed by atoms with van der Waals surface area (Å²) in [6, 6.07) is 9.70. The van der Waals surface area contributed by atoms with E-state index in [2.05, 4.69) is 4.72 Å². The molecule has 30 heavy (non-hydrogen) atoms. The average Bonchev–Trinajstić information content (AvgIpc) is 2.70. The first-order valence-electron chi connectivity index (χ1n) is 9.04. The van der Waals surface area contributed by atoms with Crippen LogP contribution in [0.3, 0.4) is 0 Å². The molecule has 0 saturated carbocycles. The number of benzene rings is 2. The van der Waals surface area contributed by atoms with Crippen LogP contribution >= 0.6 is 11.6 Å². The van der Waals surface area contributed by atoms with Crippen molar-refractivity contribution in [1.29, 1.82) is 0 Å². The van der Waals surface area contributed by atoms with Crippen LogP contribution in [0.2, 0.25) is 5.02 Å². The third-order valence-corrected chi connectivity index (χ3v) is 8.76. The Bertz CT molecular complexity index is 1160. The van der Waals surface area contributed by atoms with E-state index in [-0.39, 0.29) is 52.0 Å². The van der Waals surface area contributed by atoms with Gasteiger partial charge in [-0.2, -0.15) is 4.31 Å². The molecule has 2 aromatic carbocycles. The molecule has 0 aromatic heterocycles. The number of halogens is 1. The highest BCUT2D eigenvalue weighted by Gasteiger charge is 2.33. The number of hydrogen-bond acceptors (Lipinski definition) is 6. The fourth-order valence-electron chi connectivity index (χ4n) is 3.23. The van der Waals surface area contributed by atoms with E-state index in [1.54, 1.807) is 18.2 Å². The molecule has 3 rings (SSSR count). The van der Waals surface area contributed by atoms with Crippen molar-refractivity contribution in [3.8, 4) is 0 Å². The second-order valence-corrected chi connectivity index (χ2v) is 11.0. The zero-order valence-electron chi connectivity index (χ0n) is 16.0. The first kappa shape index (κ1) is 22.6. The SMILES string of the molecule is Cc1c(Cl)cc(S(=O)(=O)N2CCC(NS(=O)(=O)c3ccccc3)CC2)cc1[N+](=O)[O-]. The lowest BCUT2D eigenvalue weighted by Crippen LogP contribution is -2.46. The molecule has 1 heterocycles. The van der Waals surface area contributed by atoms with Gasteiger partial charge in [0.15, 0.2) is 0 Å². The molecule has 1 aliphatic rings. The molecule has 1 N–H and O–H groups in total. The summed E-state index contributed by atoms with van der Waals surface area (Å²) in [7, 11) is -7.71. The van der Waals surface area contributed by atoms with Crippen molar-refractivity contribution in [3.05, 3.63) is 63.2 Å². The minimum atomic E-state index is -4.01. The van der Waals surface area contributed by atoms with Crippen molar-refractivity contribution in [3.63, 3.8) is 0 Å². The van der Waals surface area contributed by atoms with E-state index < -0.39 is 31.0 Å². The molecule has 0 spiro atoms. The lowest BCUT2D eigenvalue weighted by molar-refractivity contribution is -0.385. The van der Waals surface area contributed by atoms with Crippen molar-refractivity contribution in [1.82, 2.24) is 9.03 Å². The second kappa shape index (κ2) is 8.60. The molecule has 1 saturated heterocycles. The third-order valence-electron chi connectivity index (χ3n) is 4.95. The Balaban J connectivity index is 1.74. The fraction of sp³-hybridized carbons (Fsp3) is 0.333. The maximum absolute atomic E-state index is 12.9. The van der Waals surface area contributed by atoms with Gasteiger partial charge in [0.2, 0.25) is 20.0 Å². The van der Waals surface area contributed by atoms with Crippen molar-refractivity contribution in [2.45, 2.75) is 35.6 Å². The summed E-state index contributed by atoms with van der Waals surface area (Å²) in [6.07, 6.45) is 0.542. The van der Waals surface area contributed by atoms with Crippen LogP contribution in [0.25, 0.3) is 0 Å². The summed E-state index contributed by atoms with van der Waals surface area (Å²) in [6.45, 7) is 1.59. The molecule has 0 aliphatic carbocycles. The summed E-state index contributed by atoms with van der Waals surface area (Å²) in [5.74, 6) is 0. The number of nitrogens with one attached hydrogen (secondary N) is 1. The van der Waals surface area contributed by atoms with E-state index in [1.807, 2.05) is 0 Å². The Morgan fingerprint density at radius 2 is 1.67 bits per heavy atom. The Kier molecular flexibility index (Phi) is 6.48. The van der Waals surface area contributed by atoms with Crippen LogP contribution in [0.1, 0.15) is 18.4 Å². The first-order chi connectivity index (χ1) is 14.0. The number of nitrogens with zero attached hydrogens (tertiary/aromatic N) is 2. The fourth-order valence-corrected chi connectivity index (χ4v) is 6.35. The van der Waals surface area contributed by atoms with Crippen LogP contribution in [-0.4, -0.2) is 45.2 Å². The van der Waals surface area contributed by atoms with Gasteiger partial charge in [0.05, 0.1) is 19.7 Å². The van der Waals surface area contributed by atoms with E-state index in [0.717, 1.165) is 6.07 Å². The zero-order chi connectivity index (χ0) is 22.1. The van der Waals surface area contributed by atoms with Crippen LogP contribution in [0.4, 0.5) is 5.69 Å². The largest absolute Gasteiger partial charge is 0.275 e. The molecule has 9 nitrogen and oxygen atoms in total. The molecule has 0 radical (unpaired) electrons. The standard InChI is InChI=1S/C18H20ClN3O6S2/c1-13-17(19)11-16(12-18(13)22(23)24)30(27,28)21-9-7-14(8-10-21)20-29(25,26)15-5-3-2-4-6-15/h2-6,11-12,14,20H,7-10H2,1H3.